The van der Waals surface area contributed by atoms with E-state index in [9.17, 15) is 8.42 Å². The Bertz CT molecular complexity index is 1200. The van der Waals surface area contributed by atoms with Crippen LogP contribution in [0.5, 0.6) is 0 Å². The quantitative estimate of drug-likeness (QED) is 0.574. The smallest absolute Gasteiger partial charge is 0.247 e. The van der Waals surface area contributed by atoms with Gasteiger partial charge in [0, 0.05) is 25.0 Å². The lowest BCUT2D eigenvalue weighted by Crippen LogP contribution is -2.31. The predicted molar refractivity (Wildman–Crippen MR) is 121 cm³/mol. The molecule has 0 unspecified atom stereocenters. The average molecular weight is 439 g/mol. The molecule has 6 nitrogen and oxygen atoms in total. The topological polar surface area (TPSA) is 68.1 Å². The van der Waals surface area contributed by atoms with Crippen LogP contribution in [0.4, 0.5) is 0 Å². The summed E-state index contributed by atoms with van der Waals surface area (Å²) in [6.07, 6.45) is 4.06. The van der Waals surface area contributed by atoms with E-state index in [2.05, 4.69) is 48.4 Å². The zero-order chi connectivity index (χ0) is 22.2. The molecule has 1 saturated heterocycles. The van der Waals surface area contributed by atoms with Crippen molar-refractivity contribution < 1.29 is 8.42 Å². The molecule has 4 rings (SSSR count). The van der Waals surface area contributed by atoms with Gasteiger partial charge in [-0.25, -0.2) is 8.42 Å². The van der Waals surface area contributed by atoms with Crippen molar-refractivity contribution in [1.82, 2.24) is 19.1 Å². The highest BCUT2D eigenvalue weighted by Crippen LogP contribution is 2.37. The maximum Gasteiger partial charge on any atom is 0.247 e. The number of sulfonamides is 1. The summed E-state index contributed by atoms with van der Waals surface area (Å²) in [5.41, 5.74) is 5.94. The van der Waals surface area contributed by atoms with Crippen LogP contribution in [0.25, 0.3) is 0 Å². The number of aryl methyl sites for hydroxylation is 4. The Kier molecular flexibility index (Phi) is 5.99. The second-order valence-corrected chi connectivity index (χ2v) is 10.3. The van der Waals surface area contributed by atoms with Gasteiger partial charge >= 0.3 is 0 Å². The summed E-state index contributed by atoms with van der Waals surface area (Å²) < 4.78 is 30.3. The summed E-state index contributed by atoms with van der Waals surface area (Å²) in [6, 6.07) is 12.4. The number of nitrogens with zero attached hydrogens (tertiary/aromatic N) is 4. The zero-order valence-corrected chi connectivity index (χ0v) is 19.5. The highest BCUT2D eigenvalue weighted by molar-refractivity contribution is 7.89. The molecule has 2 aromatic heterocycles. The van der Waals surface area contributed by atoms with E-state index in [1.165, 1.54) is 11.1 Å². The van der Waals surface area contributed by atoms with E-state index in [4.69, 9.17) is 4.98 Å². The third-order valence-electron chi connectivity index (χ3n) is 5.88. The largest absolute Gasteiger partial charge is 0.271 e. The van der Waals surface area contributed by atoms with Crippen molar-refractivity contribution in [3.63, 3.8) is 0 Å². The molecular weight excluding hydrogens is 408 g/mol. The number of benzene rings is 1. The molecule has 0 bridgehead atoms. The first-order valence-corrected chi connectivity index (χ1v) is 12.3. The average Bonchev–Trinajstić information content (AvgIpc) is 3.35. The van der Waals surface area contributed by atoms with Crippen LogP contribution < -0.4 is 0 Å². The minimum absolute atomic E-state index is 0.245. The fourth-order valence-electron chi connectivity index (χ4n) is 4.46. The Morgan fingerprint density at radius 1 is 1.10 bits per heavy atom. The van der Waals surface area contributed by atoms with Gasteiger partial charge in [0.25, 0.3) is 0 Å². The molecule has 1 aliphatic heterocycles. The van der Waals surface area contributed by atoms with Gasteiger partial charge in [-0.15, -0.1) is 0 Å². The highest BCUT2D eigenvalue weighted by atomic mass is 32.2. The van der Waals surface area contributed by atoms with E-state index in [1.807, 2.05) is 13.8 Å². The van der Waals surface area contributed by atoms with Crippen molar-refractivity contribution >= 4 is 10.0 Å². The minimum atomic E-state index is -3.64. The van der Waals surface area contributed by atoms with Crippen LogP contribution in [0.3, 0.4) is 0 Å². The van der Waals surface area contributed by atoms with Gasteiger partial charge in [0.2, 0.25) is 10.0 Å². The Balaban J connectivity index is 1.67. The van der Waals surface area contributed by atoms with E-state index in [0.717, 1.165) is 36.2 Å². The summed E-state index contributed by atoms with van der Waals surface area (Å²) in [5.74, 6) is 0. The SMILES string of the molecule is CCn1cc(S(=O)(=O)N2CCC[C@@H]2c2cc(Cc3cccc(C)c3)cc(C)n2)c(C)n1. The normalized spacial score (nSPS) is 17.4. The predicted octanol–water partition coefficient (Wildman–Crippen LogP) is 4.34. The molecule has 1 aliphatic rings. The molecule has 164 valence electrons. The summed E-state index contributed by atoms with van der Waals surface area (Å²) >= 11 is 0. The lowest BCUT2D eigenvalue weighted by molar-refractivity contribution is 0.389. The Morgan fingerprint density at radius 2 is 1.90 bits per heavy atom. The first-order valence-electron chi connectivity index (χ1n) is 10.9. The molecule has 0 spiro atoms. The maximum atomic E-state index is 13.5. The molecule has 1 fully saturated rings. The van der Waals surface area contributed by atoms with Gasteiger partial charge in [-0.3, -0.25) is 9.67 Å². The van der Waals surface area contributed by atoms with Gasteiger partial charge in [-0.2, -0.15) is 9.40 Å². The van der Waals surface area contributed by atoms with Crippen molar-refractivity contribution in [3.05, 3.63) is 76.4 Å². The molecule has 0 amide bonds. The number of aromatic nitrogens is 3. The zero-order valence-electron chi connectivity index (χ0n) is 18.7. The fraction of sp³-hybridized carbons (Fsp3) is 0.417. The molecule has 1 atom stereocenters. The summed E-state index contributed by atoms with van der Waals surface area (Å²) in [4.78, 5) is 5.05. The summed E-state index contributed by atoms with van der Waals surface area (Å²) in [7, 11) is -3.64. The van der Waals surface area contributed by atoms with E-state index in [-0.39, 0.29) is 6.04 Å². The third kappa shape index (κ3) is 4.43. The fourth-order valence-corrected chi connectivity index (χ4v) is 6.30. The van der Waals surface area contributed by atoms with Crippen LogP contribution in [0.1, 0.15) is 59.6 Å². The van der Waals surface area contributed by atoms with Crippen molar-refractivity contribution in [2.24, 2.45) is 0 Å². The molecule has 7 heteroatoms. The number of rotatable bonds is 6. The second-order valence-electron chi connectivity index (χ2n) is 8.42. The van der Waals surface area contributed by atoms with Gasteiger partial charge in [-0.05, 0) is 70.2 Å². The lowest BCUT2D eigenvalue weighted by atomic mass is 10.0. The molecule has 0 aliphatic carbocycles. The number of pyridine rings is 1. The minimum Gasteiger partial charge on any atom is -0.271 e. The van der Waals surface area contributed by atoms with Gasteiger partial charge in [0.1, 0.15) is 4.90 Å². The van der Waals surface area contributed by atoms with E-state index >= 15 is 0 Å². The molecule has 1 aromatic carbocycles. The van der Waals surface area contributed by atoms with Crippen LogP contribution in [-0.2, 0) is 23.0 Å². The van der Waals surface area contributed by atoms with Crippen LogP contribution in [0, 0.1) is 20.8 Å². The first kappa shape index (κ1) is 21.7. The first-order chi connectivity index (χ1) is 14.8. The van der Waals surface area contributed by atoms with Crippen molar-refractivity contribution in [2.75, 3.05) is 6.54 Å². The van der Waals surface area contributed by atoms with Crippen LogP contribution in [0.2, 0.25) is 0 Å². The standard InChI is InChI=1S/C24H30N4O2S/c1-5-27-16-24(19(4)26-27)31(29,30)28-11-7-10-23(28)22-15-21(13-18(3)25-22)14-20-9-6-8-17(2)12-20/h6,8-9,12-13,15-16,23H,5,7,10-11,14H2,1-4H3/t23-/m1/s1. The van der Waals surface area contributed by atoms with Crippen LogP contribution in [0.15, 0.2) is 47.5 Å². The molecular formula is C24H30N4O2S. The number of hydrogen-bond donors (Lipinski definition) is 0. The number of hydrogen-bond acceptors (Lipinski definition) is 4. The molecule has 3 heterocycles. The third-order valence-corrected chi connectivity index (χ3v) is 7.89. The maximum absolute atomic E-state index is 13.5. The van der Waals surface area contributed by atoms with Crippen molar-refractivity contribution in [1.29, 1.82) is 0 Å². The molecule has 31 heavy (non-hydrogen) atoms. The summed E-state index contributed by atoms with van der Waals surface area (Å²) in [6.45, 7) is 8.93. The van der Waals surface area contributed by atoms with Crippen molar-refractivity contribution in [2.45, 2.75) is 64.4 Å². The Labute approximate surface area is 185 Å². The van der Waals surface area contributed by atoms with Crippen LogP contribution >= 0.6 is 0 Å². The lowest BCUT2D eigenvalue weighted by Gasteiger charge is -2.24. The van der Waals surface area contributed by atoms with Gasteiger partial charge in [0.15, 0.2) is 0 Å². The van der Waals surface area contributed by atoms with Crippen molar-refractivity contribution in [3.8, 4) is 0 Å². The molecule has 0 saturated carbocycles. The molecule has 0 radical (unpaired) electrons. The van der Waals surface area contributed by atoms with E-state index in [0.29, 0.717) is 23.7 Å². The highest BCUT2D eigenvalue weighted by Gasteiger charge is 2.38. The molecule has 0 N–H and O–H groups in total. The Morgan fingerprint density at radius 3 is 2.61 bits per heavy atom. The van der Waals surface area contributed by atoms with Gasteiger partial charge in [0.05, 0.1) is 17.4 Å². The van der Waals surface area contributed by atoms with Gasteiger partial charge < -0.3 is 0 Å². The second kappa shape index (κ2) is 8.55. The van der Waals surface area contributed by atoms with E-state index < -0.39 is 10.0 Å². The summed E-state index contributed by atoms with van der Waals surface area (Å²) in [5, 5.41) is 4.34. The molecule has 3 aromatic rings. The van der Waals surface area contributed by atoms with Crippen LogP contribution in [-0.4, -0.2) is 34.0 Å². The Hall–Kier alpha value is -2.51. The van der Waals surface area contributed by atoms with Gasteiger partial charge in [-0.1, -0.05) is 29.8 Å². The monoisotopic (exact) mass is 438 g/mol. The van der Waals surface area contributed by atoms with E-state index in [1.54, 1.807) is 22.1 Å².